The molecule has 0 spiro atoms. The molecule has 0 saturated carbocycles. The highest BCUT2D eigenvalue weighted by atomic mass is 16.6. The van der Waals surface area contributed by atoms with Gasteiger partial charge in [0.1, 0.15) is 5.60 Å². The van der Waals surface area contributed by atoms with E-state index in [9.17, 15) is 9.59 Å². The molecule has 6 nitrogen and oxygen atoms in total. The average Bonchev–Trinajstić information content (AvgIpc) is 2.24. The molecule has 0 aliphatic heterocycles. The Labute approximate surface area is 115 Å². The van der Waals surface area contributed by atoms with Crippen molar-refractivity contribution in [3.63, 3.8) is 0 Å². The number of hydrogen-bond donors (Lipinski definition) is 2. The Bertz CT molecular complexity index is 285. The highest BCUT2D eigenvalue weighted by Crippen LogP contribution is 2.06. The zero-order chi connectivity index (χ0) is 14.9. The van der Waals surface area contributed by atoms with Gasteiger partial charge in [-0.1, -0.05) is 0 Å². The molecular weight excluding hydrogens is 246 g/mol. The van der Waals surface area contributed by atoms with Crippen molar-refractivity contribution in [1.82, 2.24) is 15.5 Å². The smallest absolute Gasteiger partial charge is 0.407 e. The fourth-order valence-electron chi connectivity index (χ4n) is 1.26. The van der Waals surface area contributed by atoms with Gasteiger partial charge in [0.15, 0.2) is 0 Å². The first-order valence-corrected chi connectivity index (χ1v) is 6.60. The Morgan fingerprint density at radius 3 is 2.26 bits per heavy atom. The molecule has 6 heteroatoms. The summed E-state index contributed by atoms with van der Waals surface area (Å²) in [4.78, 5) is 24.1. The second-order valence-electron chi connectivity index (χ2n) is 5.57. The third-order valence-corrected chi connectivity index (χ3v) is 2.21. The lowest BCUT2D eigenvalue weighted by Gasteiger charge is -2.19. The van der Waals surface area contributed by atoms with E-state index in [1.54, 1.807) is 19.0 Å². The number of ether oxygens (including phenoxy) is 1. The average molecular weight is 273 g/mol. The van der Waals surface area contributed by atoms with Crippen LogP contribution in [0.25, 0.3) is 0 Å². The molecule has 0 bridgehead atoms. The molecule has 0 aromatic carbocycles. The number of hydrogen-bond acceptors (Lipinski definition) is 4. The molecule has 2 N–H and O–H groups in total. The van der Waals surface area contributed by atoms with E-state index in [2.05, 4.69) is 10.6 Å². The summed E-state index contributed by atoms with van der Waals surface area (Å²) in [5.74, 6) is 0.111. The first-order chi connectivity index (χ1) is 8.72. The molecule has 112 valence electrons. The van der Waals surface area contributed by atoms with Crippen molar-refractivity contribution in [1.29, 1.82) is 0 Å². The Balaban J connectivity index is 3.41. The van der Waals surface area contributed by atoms with E-state index < -0.39 is 11.7 Å². The van der Waals surface area contributed by atoms with Crippen molar-refractivity contribution >= 4 is 12.0 Å². The van der Waals surface area contributed by atoms with Crippen molar-refractivity contribution in [2.24, 2.45) is 0 Å². The summed E-state index contributed by atoms with van der Waals surface area (Å²) in [5.41, 5.74) is -0.463. The third kappa shape index (κ3) is 11.5. The van der Waals surface area contributed by atoms with Crippen molar-refractivity contribution in [3.8, 4) is 0 Å². The van der Waals surface area contributed by atoms with Crippen LogP contribution in [0.5, 0.6) is 0 Å². The van der Waals surface area contributed by atoms with E-state index >= 15 is 0 Å². The van der Waals surface area contributed by atoms with Gasteiger partial charge >= 0.3 is 6.09 Å². The molecule has 0 rings (SSSR count). The molecule has 0 heterocycles. The zero-order valence-corrected chi connectivity index (χ0v) is 12.7. The molecule has 0 fully saturated rings. The van der Waals surface area contributed by atoms with Gasteiger partial charge in [-0.2, -0.15) is 0 Å². The van der Waals surface area contributed by atoms with Gasteiger partial charge in [0.25, 0.3) is 0 Å². The maximum Gasteiger partial charge on any atom is 0.407 e. The number of carbonyl (C=O) groups excluding carboxylic acids is 2. The number of rotatable bonds is 7. The summed E-state index contributed by atoms with van der Waals surface area (Å²) in [6.07, 6.45) is 0.900. The highest BCUT2D eigenvalue weighted by molar-refractivity contribution is 5.75. The number of nitrogens with zero attached hydrogens (tertiary/aromatic N) is 1. The van der Waals surface area contributed by atoms with Crippen LogP contribution in [-0.2, 0) is 9.53 Å². The fraction of sp³-hybridized carbons (Fsp3) is 0.846. The van der Waals surface area contributed by atoms with Crippen LogP contribution < -0.4 is 10.6 Å². The van der Waals surface area contributed by atoms with Gasteiger partial charge < -0.3 is 20.3 Å². The standard InChI is InChI=1S/C13H27N3O3/c1-13(2,3)19-12(18)15-9-6-8-14-10-7-11(17)16(4)5/h14H,6-10H2,1-5H3,(H,15,18). The first-order valence-electron chi connectivity index (χ1n) is 6.60. The van der Waals surface area contributed by atoms with Crippen LogP contribution in [0.15, 0.2) is 0 Å². The molecule has 19 heavy (non-hydrogen) atoms. The largest absolute Gasteiger partial charge is 0.444 e. The van der Waals surface area contributed by atoms with Crippen LogP contribution in [0.1, 0.15) is 33.6 Å². The normalized spacial score (nSPS) is 11.0. The lowest BCUT2D eigenvalue weighted by molar-refractivity contribution is -0.128. The van der Waals surface area contributed by atoms with Crippen molar-refractivity contribution in [2.75, 3.05) is 33.7 Å². The van der Waals surface area contributed by atoms with E-state index in [1.165, 1.54) is 0 Å². The maximum atomic E-state index is 11.3. The molecule has 0 aromatic heterocycles. The molecule has 2 amide bonds. The van der Waals surface area contributed by atoms with Crippen LogP contribution in [0, 0.1) is 0 Å². The van der Waals surface area contributed by atoms with Gasteiger partial charge in [-0.25, -0.2) is 4.79 Å². The lowest BCUT2D eigenvalue weighted by Crippen LogP contribution is -2.34. The van der Waals surface area contributed by atoms with Crippen molar-refractivity contribution in [3.05, 3.63) is 0 Å². The minimum Gasteiger partial charge on any atom is -0.444 e. The number of carbonyl (C=O) groups is 2. The quantitative estimate of drug-likeness (QED) is 0.678. The van der Waals surface area contributed by atoms with E-state index in [0.29, 0.717) is 19.5 Å². The predicted octanol–water partition coefficient (Wildman–Crippen LogP) is 0.969. The van der Waals surface area contributed by atoms with Crippen molar-refractivity contribution in [2.45, 2.75) is 39.2 Å². The molecule has 0 aliphatic rings. The molecule has 0 aliphatic carbocycles. The summed E-state index contributed by atoms with van der Waals surface area (Å²) >= 11 is 0. The van der Waals surface area contributed by atoms with Gasteiger partial charge in [-0.3, -0.25) is 4.79 Å². The minimum atomic E-state index is -0.463. The summed E-state index contributed by atoms with van der Waals surface area (Å²) in [7, 11) is 3.49. The van der Waals surface area contributed by atoms with E-state index in [-0.39, 0.29) is 5.91 Å². The van der Waals surface area contributed by atoms with Crippen LogP contribution in [0.2, 0.25) is 0 Å². The Morgan fingerprint density at radius 2 is 1.74 bits per heavy atom. The second-order valence-corrected chi connectivity index (χ2v) is 5.57. The monoisotopic (exact) mass is 273 g/mol. The highest BCUT2D eigenvalue weighted by Gasteiger charge is 2.15. The lowest BCUT2D eigenvalue weighted by atomic mass is 10.2. The van der Waals surface area contributed by atoms with Gasteiger partial charge in [-0.15, -0.1) is 0 Å². The summed E-state index contributed by atoms with van der Waals surface area (Å²) in [6, 6.07) is 0. The predicted molar refractivity (Wildman–Crippen MR) is 75.0 cm³/mol. The van der Waals surface area contributed by atoms with Gasteiger partial charge in [0.05, 0.1) is 0 Å². The fourth-order valence-corrected chi connectivity index (χ4v) is 1.26. The minimum absolute atomic E-state index is 0.111. The Hall–Kier alpha value is -1.30. The van der Waals surface area contributed by atoms with Gasteiger partial charge in [0, 0.05) is 33.6 Å². The summed E-state index contributed by atoms with van der Waals surface area (Å²) < 4.78 is 5.10. The number of nitrogens with one attached hydrogen (secondary N) is 2. The van der Waals surface area contributed by atoms with E-state index in [1.807, 2.05) is 20.8 Å². The molecular formula is C13H27N3O3. The molecule has 0 saturated heterocycles. The van der Waals surface area contributed by atoms with Crippen LogP contribution in [0.4, 0.5) is 4.79 Å². The maximum absolute atomic E-state index is 11.3. The molecule has 0 unspecified atom stereocenters. The Morgan fingerprint density at radius 1 is 1.11 bits per heavy atom. The van der Waals surface area contributed by atoms with Crippen molar-refractivity contribution < 1.29 is 14.3 Å². The number of amides is 2. The third-order valence-electron chi connectivity index (χ3n) is 2.21. The second kappa shape index (κ2) is 8.74. The van der Waals surface area contributed by atoms with E-state index in [4.69, 9.17) is 4.74 Å². The first kappa shape index (κ1) is 17.7. The molecule has 0 aromatic rings. The molecule has 0 radical (unpaired) electrons. The van der Waals surface area contributed by atoms with Crippen LogP contribution in [-0.4, -0.2) is 56.2 Å². The van der Waals surface area contributed by atoms with Gasteiger partial charge in [-0.05, 0) is 33.7 Å². The zero-order valence-electron chi connectivity index (χ0n) is 12.7. The summed E-state index contributed by atoms with van der Waals surface area (Å²) in [6.45, 7) is 7.46. The van der Waals surface area contributed by atoms with E-state index in [0.717, 1.165) is 13.0 Å². The van der Waals surface area contributed by atoms with Gasteiger partial charge in [0.2, 0.25) is 5.91 Å². The Kier molecular flexibility index (Phi) is 8.14. The van der Waals surface area contributed by atoms with Crippen LogP contribution >= 0.6 is 0 Å². The number of alkyl carbamates (subject to hydrolysis) is 1. The topological polar surface area (TPSA) is 70.7 Å². The SMILES string of the molecule is CN(C)C(=O)CCNCCCNC(=O)OC(C)(C)C. The molecule has 0 atom stereocenters. The van der Waals surface area contributed by atoms with Crippen LogP contribution in [0.3, 0.4) is 0 Å². The summed E-state index contributed by atoms with van der Waals surface area (Å²) in [5, 5.41) is 5.83.